The Kier molecular flexibility index (Phi) is 9.08. The van der Waals surface area contributed by atoms with Crippen molar-refractivity contribution < 1.29 is 35.9 Å². The Bertz CT molecular complexity index is 1280. The van der Waals surface area contributed by atoms with Gasteiger partial charge in [-0.2, -0.15) is 26.3 Å². The smallest absolute Gasteiger partial charge is 0.406 e. The Morgan fingerprint density at radius 2 is 1.37 bits per heavy atom. The molecule has 0 N–H and O–H groups in total. The van der Waals surface area contributed by atoms with E-state index >= 15 is 0 Å². The second-order valence-corrected chi connectivity index (χ2v) is 10.2. The molecule has 0 spiro atoms. The van der Waals surface area contributed by atoms with Crippen molar-refractivity contribution >= 4 is 5.97 Å². The molecule has 0 radical (unpaired) electrons. The zero-order valence-electron chi connectivity index (χ0n) is 22.7. The maximum Gasteiger partial charge on any atom is 0.406 e. The molecule has 1 fully saturated rings. The van der Waals surface area contributed by atoms with E-state index < -0.39 is 29.4 Å². The lowest BCUT2D eigenvalue weighted by atomic mass is 9.80. The summed E-state index contributed by atoms with van der Waals surface area (Å²) in [6, 6.07) is 15.0. The van der Waals surface area contributed by atoms with E-state index in [-0.39, 0.29) is 19.5 Å². The van der Waals surface area contributed by atoms with Crippen LogP contribution in [-0.4, -0.2) is 65.4 Å². The number of benzene rings is 2. The lowest BCUT2D eigenvalue weighted by molar-refractivity contribution is -0.297. The maximum absolute atomic E-state index is 13.4. The third kappa shape index (κ3) is 6.73. The van der Waals surface area contributed by atoms with Crippen LogP contribution < -0.4 is 0 Å². The summed E-state index contributed by atoms with van der Waals surface area (Å²) in [5.41, 5.74) is -1.67. The largest absolute Gasteiger partial charge is 0.465 e. The fourth-order valence-corrected chi connectivity index (χ4v) is 4.94. The van der Waals surface area contributed by atoms with Gasteiger partial charge in [-0.25, -0.2) is 0 Å². The van der Waals surface area contributed by atoms with Gasteiger partial charge in [-0.3, -0.25) is 19.6 Å². The predicted octanol–water partition coefficient (Wildman–Crippen LogP) is 6.38. The van der Waals surface area contributed by atoms with Crippen molar-refractivity contribution in [2.24, 2.45) is 0 Å². The summed E-state index contributed by atoms with van der Waals surface area (Å²) < 4.78 is 85.8. The number of ether oxygens (including phenoxy) is 1. The van der Waals surface area contributed by atoms with Crippen LogP contribution in [0.4, 0.5) is 26.3 Å². The van der Waals surface area contributed by atoms with Gasteiger partial charge in [0, 0.05) is 45.1 Å². The molecule has 1 atom stereocenters. The van der Waals surface area contributed by atoms with Gasteiger partial charge in [-0.05, 0) is 53.8 Å². The number of aromatic nitrogens is 1. The summed E-state index contributed by atoms with van der Waals surface area (Å²) in [6.07, 6.45) is -7.56. The molecular weight excluding hydrogens is 548 g/mol. The number of hydrogen-bond acceptors (Lipinski definition) is 5. The molecule has 0 bridgehead atoms. The Labute approximate surface area is 234 Å². The molecule has 0 saturated carbocycles. The van der Waals surface area contributed by atoms with Crippen molar-refractivity contribution in [3.8, 4) is 11.1 Å². The number of esters is 1. The molecule has 11 heteroatoms. The van der Waals surface area contributed by atoms with Crippen molar-refractivity contribution in [1.29, 1.82) is 0 Å². The number of carbonyl (C=O) groups is 1. The van der Waals surface area contributed by atoms with Crippen LogP contribution in [-0.2, 0) is 28.0 Å². The summed E-state index contributed by atoms with van der Waals surface area (Å²) in [5.74, 6) is -0.280. The van der Waals surface area contributed by atoms with Crippen LogP contribution >= 0.6 is 0 Å². The second-order valence-electron chi connectivity index (χ2n) is 10.2. The average molecular weight is 580 g/mol. The monoisotopic (exact) mass is 579 g/mol. The predicted molar refractivity (Wildman–Crippen MR) is 142 cm³/mol. The SMILES string of the molecule is CCOC(=O)[C@@H]1CN(Cc2ccc(-c3ccc(C(C)(C(F)(F)F)C(F)(F)F)cc3)cc2)CCN1Cc1ccncc1. The van der Waals surface area contributed by atoms with E-state index in [1.807, 2.05) is 24.3 Å². The highest BCUT2D eigenvalue weighted by Crippen LogP contribution is 2.51. The summed E-state index contributed by atoms with van der Waals surface area (Å²) in [6.45, 7) is 5.23. The number of halogens is 6. The summed E-state index contributed by atoms with van der Waals surface area (Å²) in [7, 11) is 0. The van der Waals surface area contributed by atoms with E-state index in [1.165, 1.54) is 12.1 Å². The van der Waals surface area contributed by atoms with Gasteiger partial charge in [0.1, 0.15) is 6.04 Å². The van der Waals surface area contributed by atoms with Crippen LogP contribution in [0.5, 0.6) is 0 Å². The van der Waals surface area contributed by atoms with Gasteiger partial charge in [0.15, 0.2) is 5.41 Å². The number of carbonyl (C=O) groups excluding carboxylic acids is 1. The minimum absolute atomic E-state index is 0.155. The van der Waals surface area contributed by atoms with Gasteiger partial charge in [0.05, 0.1) is 6.61 Å². The molecule has 1 saturated heterocycles. The van der Waals surface area contributed by atoms with E-state index in [9.17, 15) is 31.1 Å². The molecule has 1 aliphatic rings. The molecule has 3 aromatic rings. The normalized spacial score (nSPS) is 17.4. The van der Waals surface area contributed by atoms with E-state index in [4.69, 9.17) is 4.74 Å². The first kappa shape index (κ1) is 30.5. The minimum atomic E-state index is -5.49. The van der Waals surface area contributed by atoms with E-state index in [0.717, 1.165) is 29.8 Å². The topological polar surface area (TPSA) is 45.7 Å². The first-order valence-corrected chi connectivity index (χ1v) is 13.2. The third-order valence-electron chi connectivity index (χ3n) is 7.56. The second kappa shape index (κ2) is 12.2. The maximum atomic E-state index is 13.4. The highest BCUT2D eigenvalue weighted by atomic mass is 19.4. The van der Waals surface area contributed by atoms with Gasteiger partial charge < -0.3 is 4.74 Å². The zero-order chi connectivity index (χ0) is 29.8. The Morgan fingerprint density at radius 3 is 1.90 bits per heavy atom. The summed E-state index contributed by atoms with van der Waals surface area (Å²) in [4.78, 5) is 21.1. The van der Waals surface area contributed by atoms with Crippen LogP contribution in [0.15, 0.2) is 73.1 Å². The highest BCUT2D eigenvalue weighted by molar-refractivity contribution is 5.76. The molecular formula is C30H31F6N3O2. The van der Waals surface area contributed by atoms with E-state index in [1.54, 1.807) is 31.5 Å². The van der Waals surface area contributed by atoms with Gasteiger partial charge in [0.2, 0.25) is 0 Å². The number of alkyl halides is 6. The van der Waals surface area contributed by atoms with Crippen molar-refractivity contribution in [3.05, 3.63) is 89.7 Å². The van der Waals surface area contributed by atoms with Crippen molar-refractivity contribution in [1.82, 2.24) is 14.8 Å². The van der Waals surface area contributed by atoms with E-state index in [2.05, 4.69) is 14.8 Å². The van der Waals surface area contributed by atoms with Crippen LogP contribution in [0.25, 0.3) is 11.1 Å². The summed E-state index contributed by atoms with van der Waals surface area (Å²) >= 11 is 0. The minimum Gasteiger partial charge on any atom is -0.465 e. The number of rotatable bonds is 8. The molecule has 4 rings (SSSR count). The first-order valence-electron chi connectivity index (χ1n) is 13.2. The molecule has 0 amide bonds. The zero-order valence-corrected chi connectivity index (χ0v) is 22.7. The van der Waals surface area contributed by atoms with Gasteiger partial charge in [-0.1, -0.05) is 48.5 Å². The summed E-state index contributed by atoms with van der Waals surface area (Å²) in [5, 5.41) is 0. The molecule has 1 aliphatic heterocycles. The number of nitrogens with zero attached hydrogens (tertiary/aromatic N) is 3. The van der Waals surface area contributed by atoms with Crippen LogP contribution in [0.2, 0.25) is 0 Å². The molecule has 220 valence electrons. The lowest BCUT2D eigenvalue weighted by Gasteiger charge is -2.40. The highest BCUT2D eigenvalue weighted by Gasteiger charge is 2.68. The molecule has 2 aromatic carbocycles. The molecule has 0 unspecified atom stereocenters. The van der Waals surface area contributed by atoms with Crippen molar-refractivity contribution in [2.45, 2.75) is 50.7 Å². The molecule has 5 nitrogen and oxygen atoms in total. The molecule has 41 heavy (non-hydrogen) atoms. The Balaban J connectivity index is 1.44. The van der Waals surface area contributed by atoms with Crippen LogP contribution in [0, 0.1) is 0 Å². The number of hydrogen-bond donors (Lipinski definition) is 0. The van der Waals surface area contributed by atoms with Crippen LogP contribution in [0.1, 0.15) is 30.5 Å². The lowest BCUT2D eigenvalue weighted by Crippen LogP contribution is -2.56. The average Bonchev–Trinajstić information content (AvgIpc) is 2.93. The Morgan fingerprint density at radius 1 is 0.829 bits per heavy atom. The quantitative estimate of drug-likeness (QED) is 0.229. The Hall–Kier alpha value is -3.44. The first-order chi connectivity index (χ1) is 19.3. The molecule has 1 aromatic heterocycles. The number of pyridine rings is 1. The van der Waals surface area contributed by atoms with Gasteiger partial charge >= 0.3 is 18.3 Å². The van der Waals surface area contributed by atoms with Crippen LogP contribution in [0.3, 0.4) is 0 Å². The van der Waals surface area contributed by atoms with Crippen molar-refractivity contribution in [2.75, 3.05) is 26.2 Å². The van der Waals surface area contributed by atoms with Gasteiger partial charge in [-0.15, -0.1) is 0 Å². The fraction of sp³-hybridized carbons (Fsp3) is 0.400. The van der Waals surface area contributed by atoms with Crippen molar-refractivity contribution in [3.63, 3.8) is 0 Å². The molecule has 2 heterocycles. The number of piperazine rings is 1. The molecule has 0 aliphatic carbocycles. The van der Waals surface area contributed by atoms with E-state index in [0.29, 0.717) is 37.3 Å². The van der Waals surface area contributed by atoms with Gasteiger partial charge in [0.25, 0.3) is 0 Å². The third-order valence-corrected chi connectivity index (χ3v) is 7.56. The standard InChI is InChI=1S/C30H31F6N3O2/c1-3-41-27(40)26-20-38(16-17-39(26)19-22-12-14-37-15-13-22)18-21-4-6-23(7-5-21)24-8-10-25(11-9-24)28(2,29(31,32)33)30(34,35)36/h4-15,26H,3,16-20H2,1-2H3/t26-/m0/s1. The fourth-order valence-electron chi connectivity index (χ4n) is 4.94.